The van der Waals surface area contributed by atoms with Crippen molar-refractivity contribution >= 4 is 21.6 Å². The number of fused-ring (bicyclic) bond motifs is 1. The number of hydrogen-bond donors (Lipinski definition) is 0. The van der Waals surface area contributed by atoms with Gasteiger partial charge in [-0.15, -0.1) is 0 Å². The highest BCUT2D eigenvalue weighted by atomic mass is 79.9. The van der Waals surface area contributed by atoms with Crippen molar-refractivity contribution in [2.45, 2.75) is 49.9 Å². The second-order valence-electron chi connectivity index (χ2n) is 6.04. The Morgan fingerprint density at radius 2 is 2.00 bits per heavy atom. The Morgan fingerprint density at radius 3 is 2.80 bits per heavy atom. The minimum absolute atomic E-state index is 0.666. The molecule has 1 aliphatic carbocycles. The number of anilines is 1. The monoisotopic (exact) mass is 332 g/mol. The van der Waals surface area contributed by atoms with Crippen LogP contribution in [0.5, 0.6) is 0 Å². The smallest absolute Gasteiger partial charge is 0.101 e. The van der Waals surface area contributed by atoms with Gasteiger partial charge in [-0.25, -0.2) is 0 Å². The SMILES string of the molecule is N#Cc1cc(CBr)ccc1N1CCC[C@H]2CCCC[C@H]21. The lowest BCUT2D eigenvalue weighted by molar-refractivity contribution is 0.244. The van der Waals surface area contributed by atoms with Crippen molar-refractivity contribution in [1.29, 1.82) is 5.26 Å². The van der Waals surface area contributed by atoms with Crippen LogP contribution in [0, 0.1) is 17.2 Å². The third-order valence-electron chi connectivity index (χ3n) is 4.89. The molecule has 0 unspecified atom stereocenters. The highest BCUT2D eigenvalue weighted by Crippen LogP contribution is 2.38. The molecule has 0 N–H and O–H groups in total. The first-order valence-electron chi connectivity index (χ1n) is 7.69. The Hall–Kier alpha value is -1.01. The molecule has 1 aromatic rings. The molecule has 0 radical (unpaired) electrons. The second-order valence-corrected chi connectivity index (χ2v) is 6.61. The molecule has 0 spiro atoms. The van der Waals surface area contributed by atoms with Crippen LogP contribution < -0.4 is 4.90 Å². The highest BCUT2D eigenvalue weighted by molar-refractivity contribution is 9.08. The van der Waals surface area contributed by atoms with Crippen molar-refractivity contribution in [1.82, 2.24) is 0 Å². The number of rotatable bonds is 2. The average molecular weight is 333 g/mol. The van der Waals surface area contributed by atoms with E-state index in [4.69, 9.17) is 0 Å². The first kappa shape index (κ1) is 13.9. The summed E-state index contributed by atoms with van der Waals surface area (Å²) in [4.78, 5) is 2.53. The number of nitriles is 1. The third-order valence-corrected chi connectivity index (χ3v) is 5.54. The molecule has 106 valence electrons. The van der Waals surface area contributed by atoms with Gasteiger partial charge in [0.25, 0.3) is 0 Å². The Kier molecular flexibility index (Phi) is 4.31. The van der Waals surface area contributed by atoms with E-state index in [2.05, 4.69) is 39.0 Å². The zero-order valence-corrected chi connectivity index (χ0v) is 13.4. The van der Waals surface area contributed by atoms with E-state index in [1.165, 1.54) is 44.1 Å². The number of nitrogens with zero attached hydrogens (tertiary/aromatic N) is 2. The minimum Gasteiger partial charge on any atom is -0.367 e. The summed E-state index contributed by atoms with van der Waals surface area (Å²) in [5.74, 6) is 0.847. The minimum atomic E-state index is 0.666. The number of piperidine rings is 1. The van der Waals surface area contributed by atoms with E-state index in [-0.39, 0.29) is 0 Å². The van der Waals surface area contributed by atoms with Gasteiger partial charge in [0, 0.05) is 17.9 Å². The summed E-state index contributed by atoms with van der Waals surface area (Å²) in [5.41, 5.74) is 3.18. The summed E-state index contributed by atoms with van der Waals surface area (Å²) in [6, 6.07) is 9.41. The summed E-state index contributed by atoms with van der Waals surface area (Å²) in [6.45, 7) is 1.11. The Morgan fingerprint density at radius 1 is 1.20 bits per heavy atom. The molecule has 0 aromatic heterocycles. The fourth-order valence-electron chi connectivity index (χ4n) is 3.93. The maximum Gasteiger partial charge on any atom is 0.101 e. The van der Waals surface area contributed by atoms with Crippen molar-refractivity contribution < 1.29 is 0 Å². The van der Waals surface area contributed by atoms with Gasteiger partial charge in [-0.1, -0.05) is 34.8 Å². The van der Waals surface area contributed by atoms with Gasteiger partial charge >= 0.3 is 0 Å². The van der Waals surface area contributed by atoms with Gasteiger partial charge < -0.3 is 4.90 Å². The van der Waals surface area contributed by atoms with Crippen LogP contribution in [0.4, 0.5) is 5.69 Å². The normalized spacial score (nSPS) is 25.9. The number of benzene rings is 1. The number of halogens is 1. The molecule has 1 saturated carbocycles. The molecule has 2 atom stereocenters. The van der Waals surface area contributed by atoms with Crippen LogP contribution in [0.3, 0.4) is 0 Å². The number of alkyl halides is 1. The Balaban J connectivity index is 1.93. The fourth-order valence-corrected chi connectivity index (χ4v) is 4.28. The summed E-state index contributed by atoms with van der Waals surface area (Å²) in [6.07, 6.45) is 8.06. The molecular weight excluding hydrogens is 312 g/mol. The standard InChI is InChI=1S/C17H21BrN2/c18-11-13-7-8-17(15(10-13)12-19)20-9-3-5-14-4-1-2-6-16(14)20/h7-8,10,14,16H,1-6,9,11H2/t14-,16-/m1/s1. The molecular formula is C17H21BrN2. The van der Waals surface area contributed by atoms with Crippen molar-refractivity contribution in [2.75, 3.05) is 11.4 Å². The molecule has 0 bridgehead atoms. The zero-order valence-electron chi connectivity index (χ0n) is 11.8. The van der Waals surface area contributed by atoms with E-state index in [1.54, 1.807) is 0 Å². The van der Waals surface area contributed by atoms with E-state index in [0.29, 0.717) is 6.04 Å². The Bertz CT molecular complexity index is 518. The predicted molar refractivity (Wildman–Crippen MR) is 86.1 cm³/mol. The average Bonchev–Trinajstić information content (AvgIpc) is 2.53. The first-order valence-corrected chi connectivity index (χ1v) is 8.81. The molecule has 1 heterocycles. The van der Waals surface area contributed by atoms with Crippen LogP contribution >= 0.6 is 15.9 Å². The molecule has 3 rings (SSSR count). The lowest BCUT2D eigenvalue weighted by atomic mass is 9.78. The second kappa shape index (κ2) is 6.18. The highest BCUT2D eigenvalue weighted by Gasteiger charge is 2.34. The van der Waals surface area contributed by atoms with Gasteiger partial charge in [-0.3, -0.25) is 0 Å². The van der Waals surface area contributed by atoms with Crippen LogP contribution in [-0.4, -0.2) is 12.6 Å². The topological polar surface area (TPSA) is 27.0 Å². The van der Waals surface area contributed by atoms with E-state index in [1.807, 2.05) is 6.07 Å². The number of hydrogen-bond acceptors (Lipinski definition) is 2. The van der Waals surface area contributed by atoms with Crippen molar-refractivity contribution in [2.24, 2.45) is 5.92 Å². The molecule has 20 heavy (non-hydrogen) atoms. The third kappa shape index (κ3) is 2.59. The van der Waals surface area contributed by atoms with E-state index in [0.717, 1.165) is 29.0 Å². The first-order chi connectivity index (χ1) is 9.83. The van der Waals surface area contributed by atoms with Gasteiger partial charge in [-0.2, -0.15) is 5.26 Å². The summed E-state index contributed by atoms with van der Waals surface area (Å²) >= 11 is 3.47. The summed E-state index contributed by atoms with van der Waals surface area (Å²) in [5, 5.41) is 10.3. The van der Waals surface area contributed by atoms with Crippen LogP contribution in [0.1, 0.15) is 49.7 Å². The molecule has 2 aliphatic rings. The molecule has 2 fully saturated rings. The van der Waals surface area contributed by atoms with Gasteiger partial charge in [0.15, 0.2) is 0 Å². The van der Waals surface area contributed by atoms with Crippen molar-refractivity contribution in [3.05, 3.63) is 29.3 Å². The fraction of sp³-hybridized carbons (Fsp3) is 0.588. The molecule has 1 saturated heterocycles. The van der Waals surface area contributed by atoms with Gasteiger partial charge in [-0.05, 0) is 49.3 Å². The van der Waals surface area contributed by atoms with Crippen molar-refractivity contribution in [3.8, 4) is 6.07 Å². The lowest BCUT2D eigenvalue weighted by Gasteiger charge is -2.45. The molecule has 3 heteroatoms. The molecule has 2 nitrogen and oxygen atoms in total. The lowest BCUT2D eigenvalue weighted by Crippen LogP contribution is -2.47. The van der Waals surface area contributed by atoms with E-state index < -0.39 is 0 Å². The van der Waals surface area contributed by atoms with Gasteiger partial charge in [0.05, 0.1) is 11.3 Å². The molecule has 1 aliphatic heterocycles. The largest absolute Gasteiger partial charge is 0.367 e. The summed E-state index contributed by atoms with van der Waals surface area (Å²) < 4.78 is 0. The zero-order chi connectivity index (χ0) is 13.9. The van der Waals surface area contributed by atoms with Gasteiger partial charge in [0.2, 0.25) is 0 Å². The van der Waals surface area contributed by atoms with Crippen molar-refractivity contribution in [3.63, 3.8) is 0 Å². The predicted octanol–water partition coefficient (Wildman–Crippen LogP) is 4.61. The maximum atomic E-state index is 9.47. The molecule has 1 aromatic carbocycles. The van der Waals surface area contributed by atoms with Crippen LogP contribution in [0.25, 0.3) is 0 Å². The maximum absolute atomic E-state index is 9.47. The van der Waals surface area contributed by atoms with Gasteiger partial charge in [0.1, 0.15) is 6.07 Å². The molecule has 0 amide bonds. The van der Waals surface area contributed by atoms with Crippen LogP contribution in [0.2, 0.25) is 0 Å². The van der Waals surface area contributed by atoms with E-state index in [9.17, 15) is 5.26 Å². The quantitative estimate of drug-likeness (QED) is 0.739. The van der Waals surface area contributed by atoms with Crippen LogP contribution in [-0.2, 0) is 5.33 Å². The van der Waals surface area contributed by atoms with E-state index >= 15 is 0 Å². The van der Waals surface area contributed by atoms with Crippen LogP contribution in [0.15, 0.2) is 18.2 Å². The Labute approximate surface area is 129 Å². The summed E-state index contributed by atoms with van der Waals surface area (Å²) in [7, 11) is 0.